The van der Waals surface area contributed by atoms with Gasteiger partial charge in [0.05, 0.1) is 6.10 Å². The van der Waals surface area contributed by atoms with E-state index in [2.05, 4.69) is 15.9 Å². The molecule has 1 N–H and O–H groups in total. The summed E-state index contributed by atoms with van der Waals surface area (Å²) >= 11 is 3.22. The van der Waals surface area contributed by atoms with Crippen LogP contribution in [0.15, 0.2) is 40.9 Å². The van der Waals surface area contributed by atoms with Crippen LogP contribution in [-0.2, 0) is 6.61 Å². The summed E-state index contributed by atoms with van der Waals surface area (Å²) in [7, 11) is 0. The minimum absolute atomic E-state index is 0.0885. The summed E-state index contributed by atoms with van der Waals surface area (Å²) in [5, 5.41) is 9.36. The maximum Gasteiger partial charge on any atom is 0.165 e. The van der Waals surface area contributed by atoms with Gasteiger partial charge in [0.15, 0.2) is 11.6 Å². The van der Waals surface area contributed by atoms with E-state index in [0.717, 1.165) is 0 Å². The molecular weight excluding hydrogens is 330 g/mol. The lowest BCUT2D eigenvalue weighted by molar-refractivity contribution is 0.198. The summed E-state index contributed by atoms with van der Waals surface area (Å²) in [6.45, 7) is 1.68. The molecule has 0 bridgehead atoms. The summed E-state index contributed by atoms with van der Waals surface area (Å²) < 4.78 is 32.6. The van der Waals surface area contributed by atoms with E-state index in [0.29, 0.717) is 15.6 Å². The van der Waals surface area contributed by atoms with Crippen LogP contribution in [-0.4, -0.2) is 5.11 Å². The van der Waals surface area contributed by atoms with Gasteiger partial charge in [-0.2, -0.15) is 0 Å². The molecule has 0 fully saturated rings. The molecule has 2 aromatic carbocycles. The Kier molecular flexibility index (Phi) is 4.73. The summed E-state index contributed by atoms with van der Waals surface area (Å²) in [6, 6.07) is 8.51. The SMILES string of the molecule is CC(O)c1ccc(OCc2ccc(F)cc2Br)c(F)c1. The van der Waals surface area contributed by atoms with Gasteiger partial charge >= 0.3 is 0 Å². The molecule has 1 atom stereocenters. The van der Waals surface area contributed by atoms with Crippen LogP contribution in [0.4, 0.5) is 8.78 Å². The molecule has 20 heavy (non-hydrogen) atoms. The van der Waals surface area contributed by atoms with E-state index in [9.17, 15) is 13.9 Å². The monoisotopic (exact) mass is 342 g/mol. The molecule has 106 valence electrons. The molecule has 0 amide bonds. The van der Waals surface area contributed by atoms with Crippen LogP contribution in [0.1, 0.15) is 24.2 Å². The third-order valence-corrected chi connectivity index (χ3v) is 3.57. The van der Waals surface area contributed by atoms with Gasteiger partial charge in [-0.15, -0.1) is 0 Å². The highest BCUT2D eigenvalue weighted by Crippen LogP contribution is 2.24. The molecule has 0 saturated heterocycles. The number of hydrogen-bond donors (Lipinski definition) is 1. The standard InChI is InChI=1S/C15H13BrF2O2/c1-9(19)10-3-5-15(14(18)6-10)20-8-11-2-4-12(17)7-13(11)16/h2-7,9,19H,8H2,1H3. The topological polar surface area (TPSA) is 29.5 Å². The fraction of sp³-hybridized carbons (Fsp3) is 0.200. The number of aliphatic hydroxyl groups excluding tert-OH is 1. The summed E-state index contributed by atoms with van der Waals surface area (Å²) in [4.78, 5) is 0. The highest BCUT2D eigenvalue weighted by atomic mass is 79.9. The Morgan fingerprint density at radius 2 is 1.95 bits per heavy atom. The zero-order chi connectivity index (χ0) is 14.7. The molecular formula is C15H13BrF2O2. The zero-order valence-electron chi connectivity index (χ0n) is 10.7. The number of aliphatic hydroxyl groups is 1. The van der Waals surface area contributed by atoms with E-state index in [-0.39, 0.29) is 18.2 Å². The predicted octanol–water partition coefficient (Wildman–Crippen LogP) is 4.36. The van der Waals surface area contributed by atoms with E-state index in [4.69, 9.17) is 4.74 Å². The van der Waals surface area contributed by atoms with Gasteiger partial charge in [-0.3, -0.25) is 0 Å². The minimum atomic E-state index is -0.732. The summed E-state index contributed by atoms with van der Waals surface area (Å²) in [6.07, 6.45) is -0.732. The molecule has 0 heterocycles. The Labute approximate surface area is 124 Å². The third kappa shape index (κ3) is 3.55. The number of hydrogen-bond acceptors (Lipinski definition) is 2. The molecule has 0 aliphatic carbocycles. The first-order chi connectivity index (χ1) is 9.47. The number of ether oxygens (including phenoxy) is 1. The Morgan fingerprint density at radius 3 is 2.55 bits per heavy atom. The smallest absolute Gasteiger partial charge is 0.165 e. The quantitative estimate of drug-likeness (QED) is 0.894. The second-order valence-electron chi connectivity index (χ2n) is 4.39. The van der Waals surface area contributed by atoms with Crippen molar-refractivity contribution in [3.8, 4) is 5.75 Å². The van der Waals surface area contributed by atoms with E-state index >= 15 is 0 Å². The van der Waals surface area contributed by atoms with Crippen molar-refractivity contribution in [1.29, 1.82) is 0 Å². The predicted molar refractivity (Wildman–Crippen MR) is 75.5 cm³/mol. The van der Waals surface area contributed by atoms with Gasteiger partial charge in [0.2, 0.25) is 0 Å². The van der Waals surface area contributed by atoms with Crippen molar-refractivity contribution in [3.05, 3.63) is 63.6 Å². The van der Waals surface area contributed by atoms with E-state index in [1.165, 1.54) is 24.3 Å². The normalized spacial score (nSPS) is 12.2. The lowest BCUT2D eigenvalue weighted by atomic mass is 10.1. The van der Waals surface area contributed by atoms with Crippen molar-refractivity contribution in [2.75, 3.05) is 0 Å². The Morgan fingerprint density at radius 1 is 1.20 bits per heavy atom. The van der Waals surface area contributed by atoms with E-state index in [1.807, 2.05) is 0 Å². The highest BCUT2D eigenvalue weighted by molar-refractivity contribution is 9.10. The third-order valence-electron chi connectivity index (χ3n) is 2.84. The average Bonchev–Trinajstić information content (AvgIpc) is 2.38. The first-order valence-electron chi connectivity index (χ1n) is 6.01. The largest absolute Gasteiger partial charge is 0.486 e. The van der Waals surface area contributed by atoms with E-state index in [1.54, 1.807) is 19.1 Å². The molecule has 2 aromatic rings. The zero-order valence-corrected chi connectivity index (χ0v) is 12.3. The number of benzene rings is 2. The van der Waals surface area contributed by atoms with Crippen molar-refractivity contribution < 1.29 is 18.6 Å². The van der Waals surface area contributed by atoms with Gasteiger partial charge in [0.25, 0.3) is 0 Å². The number of rotatable bonds is 4. The van der Waals surface area contributed by atoms with Crippen LogP contribution in [0.3, 0.4) is 0 Å². The van der Waals surface area contributed by atoms with Crippen LogP contribution < -0.4 is 4.74 Å². The molecule has 2 nitrogen and oxygen atoms in total. The summed E-state index contributed by atoms with van der Waals surface area (Å²) in [5.74, 6) is -0.805. The Bertz CT molecular complexity index is 615. The maximum absolute atomic E-state index is 13.8. The van der Waals surface area contributed by atoms with Crippen LogP contribution in [0.25, 0.3) is 0 Å². The molecule has 0 spiro atoms. The molecule has 0 saturated carbocycles. The van der Waals surface area contributed by atoms with Crippen molar-refractivity contribution in [3.63, 3.8) is 0 Å². The first kappa shape index (κ1) is 14.9. The second kappa shape index (κ2) is 6.33. The van der Waals surface area contributed by atoms with Crippen LogP contribution in [0.2, 0.25) is 0 Å². The van der Waals surface area contributed by atoms with Crippen molar-refractivity contribution >= 4 is 15.9 Å². The second-order valence-corrected chi connectivity index (χ2v) is 5.24. The molecule has 0 aliphatic rings. The van der Waals surface area contributed by atoms with Gasteiger partial charge < -0.3 is 9.84 Å². The van der Waals surface area contributed by atoms with Crippen LogP contribution in [0, 0.1) is 11.6 Å². The van der Waals surface area contributed by atoms with Gasteiger partial charge in [0.1, 0.15) is 12.4 Å². The van der Waals surface area contributed by atoms with Crippen molar-refractivity contribution in [2.45, 2.75) is 19.6 Å². The molecule has 1 unspecified atom stereocenters. The van der Waals surface area contributed by atoms with Crippen LogP contribution >= 0.6 is 15.9 Å². The highest BCUT2D eigenvalue weighted by Gasteiger charge is 2.09. The molecule has 2 rings (SSSR count). The summed E-state index contributed by atoms with van der Waals surface area (Å²) in [5.41, 5.74) is 1.20. The van der Waals surface area contributed by atoms with Gasteiger partial charge in [-0.1, -0.05) is 28.1 Å². The molecule has 0 aromatic heterocycles. The van der Waals surface area contributed by atoms with E-state index < -0.39 is 11.9 Å². The Hall–Kier alpha value is -1.46. The lowest BCUT2D eigenvalue weighted by Gasteiger charge is -2.11. The number of halogens is 3. The van der Waals surface area contributed by atoms with Crippen molar-refractivity contribution in [2.24, 2.45) is 0 Å². The molecule has 5 heteroatoms. The van der Waals surface area contributed by atoms with Crippen molar-refractivity contribution in [1.82, 2.24) is 0 Å². The fourth-order valence-electron chi connectivity index (χ4n) is 1.69. The Balaban J connectivity index is 2.11. The van der Waals surface area contributed by atoms with Gasteiger partial charge in [-0.25, -0.2) is 8.78 Å². The minimum Gasteiger partial charge on any atom is -0.486 e. The van der Waals surface area contributed by atoms with Gasteiger partial charge in [-0.05, 0) is 36.8 Å². The maximum atomic E-state index is 13.8. The van der Waals surface area contributed by atoms with Gasteiger partial charge in [0, 0.05) is 10.0 Å². The van der Waals surface area contributed by atoms with Crippen LogP contribution in [0.5, 0.6) is 5.75 Å². The lowest BCUT2D eigenvalue weighted by Crippen LogP contribution is -2.00. The first-order valence-corrected chi connectivity index (χ1v) is 6.81. The molecule has 0 aliphatic heterocycles. The fourth-order valence-corrected chi connectivity index (χ4v) is 2.15. The average molecular weight is 343 g/mol. The molecule has 0 radical (unpaired) electrons.